The van der Waals surface area contributed by atoms with Gasteiger partial charge >= 0.3 is 5.97 Å². The predicted molar refractivity (Wildman–Crippen MR) is 147 cm³/mol. The Bertz CT molecular complexity index is 1650. The van der Waals surface area contributed by atoms with E-state index in [4.69, 9.17) is 26.1 Å². The van der Waals surface area contributed by atoms with E-state index >= 15 is 0 Å². The highest BCUT2D eigenvalue weighted by molar-refractivity contribution is 6.31. The number of ether oxygens (including phenoxy) is 2. The highest BCUT2D eigenvalue weighted by Gasteiger charge is 2.34. The molecule has 4 aromatic rings. The number of nitrogens with zero attached hydrogens (tertiary/aromatic N) is 2. The van der Waals surface area contributed by atoms with E-state index in [0.29, 0.717) is 22.2 Å². The number of amides is 1. The number of carboxylic acids is 1. The molecule has 0 saturated carbocycles. The number of pyridine rings is 1. The van der Waals surface area contributed by atoms with Crippen molar-refractivity contribution in [3.8, 4) is 22.6 Å². The van der Waals surface area contributed by atoms with Crippen LogP contribution in [0.3, 0.4) is 0 Å². The predicted octanol–water partition coefficient (Wildman–Crippen LogP) is 5.89. The van der Waals surface area contributed by atoms with E-state index in [1.807, 2.05) is 79.7 Å². The molecule has 0 bridgehead atoms. The number of fused-ring (bicyclic) bond motifs is 2. The highest BCUT2D eigenvalue weighted by Crippen LogP contribution is 2.42. The Balaban J connectivity index is 1.52. The summed E-state index contributed by atoms with van der Waals surface area (Å²) in [6.07, 6.45) is 1.54. The summed E-state index contributed by atoms with van der Waals surface area (Å²) in [5.74, 6) is -0.152. The topological polar surface area (TPSA) is 101 Å². The van der Waals surface area contributed by atoms with Crippen LogP contribution in [0.2, 0.25) is 5.02 Å². The van der Waals surface area contributed by atoms with E-state index in [0.717, 1.165) is 38.9 Å². The monoisotopic (exact) mass is 541 g/mol. The number of hydrogen-bond donors (Lipinski definition) is 2. The largest absolute Gasteiger partial charge is 0.481 e. The van der Waals surface area contributed by atoms with Crippen molar-refractivity contribution in [3.05, 3.63) is 94.6 Å². The van der Waals surface area contributed by atoms with Gasteiger partial charge in [-0.1, -0.05) is 48.0 Å². The van der Waals surface area contributed by atoms with Crippen LogP contribution in [0, 0.1) is 6.92 Å². The van der Waals surface area contributed by atoms with Crippen molar-refractivity contribution in [2.75, 3.05) is 6.79 Å². The van der Waals surface area contributed by atoms with Crippen molar-refractivity contribution in [2.45, 2.75) is 25.8 Å². The molecule has 1 atom stereocenters. The van der Waals surface area contributed by atoms with Gasteiger partial charge in [0.2, 0.25) is 12.7 Å². The van der Waals surface area contributed by atoms with Crippen LogP contribution in [0.25, 0.3) is 27.7 Å². The van der Waals surface area contributed by atoms with Crippen LogP contribution in [-0.4, -0.2) is 33.8 Å². The molecule has 3 heterocycles. The van der Waals surface area contributed by atoms with Gasteiger partial charge < -0.3 is 14.6 Å². The average molecular weight is 542 g/mol. The van der Waals surface area contributed by atoms with Gasteiger partial charge in [0.15, 0.2) is 11.5 Å². The third-order valence-electron chi connectivity index (χ3n) is 6.86. The standard InChI is InChI=1S/C30H24ClN3O5/c1-17-29(30(18-5-3-2-4-6-18)21-14-20(31)8-9-22(21)32-17)23-15-24(34(33-23)27(35)11-12-28(36)37)19-7-10-25-26(13-19)39-16-38-25/h2-10,13-15,24,33H,11-12,16H2,1H3,(H,36,37)/t24-/m1/s1. The summed E-state index contributed by atoms with van der Waals surface area (Å²) in [4.78, 5) is 29.4. The van der Waals surface area contributed by atoms with Gasteiger partial charge in [-0.25, -0.2) is 5.01 Å². The molecule has 0 aliphatic carbocycles. The number of carbonyl (C=O) groups excluding carboxylic acids is 1. The Labute approximate surface area is 229 Å². The number of aromatic nitrogens is 1. The van der Waals surface area contributed by atoms with Gasteiger partial charge in [-0.15, -0.1) is 0 Å². The fraction of sp³-hybridized carbons (Fsp3) is 0.167. The summed E-state index contributed by atoms with van der Waals surface area (Å²) in [6.45, 7) is 2.07. The summed E-state index contributed by atoms with van der Waals surface area (Å²) < 4.78 is 11.0. The number of hydrazine groups is 1. The maximum Gasteiger partial charge on any atom is 0.303 e. The maximum absolute atomic E-state index is 13.3. The summed E-state index contributed by atoms with van der Waals surface area (Å²) in [5, 5.41) is 12.1. The van der Waals surface area contributed by atoms with Crippen LogP contribution in [-0.2, 0) is 9.59 Å². The summed E-state index contributed by atoms with van der Waals surface area (Å²) in [5.41, 5.74) is 9.08. The van der Waals surface area contributed by atoms with Crippen molar-refractivity contribution >= 4 is 40.1 Å². The Morgan fingerprint density at radius 1 is 1.03 bits per heavy atom. The second kappa shape index (κ2) is 9.96. The first-order chi connectivity index (χ1) is 18.9. The number of carboxylic acid groups (broad SMARTS) is 1. The van der Waals surface area contributed by atoms with E-state index in [2.05, 4.69) is 5.43 Å². The number of nitrogens with one attached hydrogen (secondary N) is 1. The number of carbonyl (C=O) groups is 2. The number of aliphatic carboxylic acids is 1. The number of halogens is 1. The van der Waals surface area contributed by atoms with Gasteiger partial charge in [0.05, 0.1) is 23.7 Å². The lowest BCUT2D eigenvalue weighted by molar-refractivity contribution is -0.142. The molecular formula is C30H24ClN3O5. The molecule has 2 aliphatic rings. The molecule has 0 fully saturated rings. The van der Waals surface area contributed by atoms with Crippen molar-refractivity contribution in [1.29, 1.82) is 0 Å². The van der Waals surface area contributed by atoms with Gasteiger partial charge in [0.1, 0.15) is 0 Å². The van der Waals surface area contributed by atoms with Crippen molar-refractivity contribution < 1.29 is 24.2 Å². The minimum atomic E-state index is -1.03. The number of benzene rings is 3. The first-order valence-electron chi connectivity index (χ1n) is 12.5. The zero-order chi connectivity index (χ0) is 27.1. The van der Waals surface area contributed by atoms with Crippen LogP contribution < -0.4 is 14.9 Å². The van der Waals surface area contributed by atoms with Crippen LogP contribution in [0.4, 0.5) is 0 Å². The molecule has 39 heavy (non-hydrogen) atoms. The van der Waals surface area contributed by atoms with Crippen LogP contribution >= 0.6 is 11.6 Å². The third-order valence-corrected chi connectivity index (χ3v) is 7.10. The average Bonchev–Trinajstić information content (AvgIpc) is 3.59. The van der Waals surface area contributed by atoms with Gasteiger partial charge in [0, 0.05) is 33.7 Å². The minimum absolute atomic E-state index is 0.134. The smallest absolute Gasteiger partial charge is 0.303 e. The van der Waals surface area contributed by atoms with E-state index in [9.17, 15) is 14.7 Å². The molecule has 0 spiro atoms. The number of rotatable bonds is 6. The molecule has 6 rings (SSSR count). The normalized spacial score (nSPS) is 15.8. The fourth-order valence-corrected chi connectivity index (χ4v) is 5.27. The third kappa shape index (κ3) is 4.64. The summed E-state index contributed by atoms with van der Waals surface area (Å²) in [6, 6.07) is 20.6. The molecule has 2 N–H and O–H groups in total. The van der Waals surface area contributed by atoms with Crippen molar-refractivity contribution in [3.63, 3.8) is 0 Å². The first kappa shape index (κ1) is 24.8. The van der Waals surface area contributed by atoms with Gasteiger partial charge in [0.25, 0.3) is 0 Å². The lowest BCUT2D eigenvalue weighted by Gasteiger charge is -2.26. The molecular weight excluding hydrogens is 518 g/mol. The van der Waals surface area contributed by atoms with E-state index in [1.165, 1.54) is 5.01 Å². The van der Waals surface area contributed by atoms with Crippen molar-refractivity contribution in [1.82, 2.24) is 15.4 Å². The lowest BCUT2D eigenvalue weighted by Crippen LogP contribution is -2.39. The minimum Gasteiger partial charge on any atom is -0.481 e. The number of hydrogen-bond acceptors (Lipinski definition) is 6. The van der Waals surface area contributed by atoms with E-state index < -0.39 is 12.0 Å². The van der Waals surface area contributed by atoms with Crippen LogP contribution in [0.15, 0.2) is 72.8 Å². The summed E-state index contributed by atoms with van der Waals surface area (Å²) >= 11 is 6.42. The highest BCUT2D eigenvalue weighted by atomic mass is 35.5. The van der Waals surface area contributed by atoms with Gasteiger partial charge in [-0.3, -0.25) is 20.0 Å². The Morgan fingerprint density at radius 3 is 2.62 bits per heavy atom. The van der Waals surface area contributed by atoms with E-state index in [1.54, 1.807) is 0 Å². The Morgan fingerprint density at radius 2 is 1.82 bits per heavy atom. The molecule has 196 valence electrons. The second-order valence-corrected chi connectivity index (χ2v) is 9.82. The second-order valence-electron chi connectivity index (χ2n) is 9.38. The van der Waals surface area contributed by atoms with Gasteiger partial charge in [-0.2, -0.15) is 0 Å². The molecule has 0 radical (unpaired) electrons. The molecule has 1 amide bonds. The first-order valence-corrected chi connectivity index (χ1v) is 12.8. The molecule has 0 saturated heterocycles. The van der Waals surface area contributed by atoms with Gasteiger partial charge in [-0.05, 0) is 54.5 Å². The summed E-state index contributed by atoms with van der Waals surface area (Å²) in [7, 11) is 0. The van der Waals surface area contributed by atoms with Crippen molar-refractivity contribution in [2.24, 2.45) is 0 Å². The molecule has 3 aromatic carbocycles. The Hall–Kier alpha value is -4.56. The maximum atomic E-state index is 13.3. The zero-order valence-electron chi connectivity index (χ0n) is 21.0. The molecule has 2 aliphatic heterocycles. The lowest BCUT2D eigenvalue weighted by atomic mass is 9.92. The van der Waals surface area contributed by atoms with Crippen LogP contribution in [0.5, 0.6) is 11.5 Å². The molecule has 9 heteroatoms. The quantitative estimate of drug-likeness (QED) is 0.314. The molecule has 0 unspecified atom stereocenters. The fourth-order valence-electron chi connectivity index (χ4n) is 5.09. The van der Waals surface area contributed by atoms with E-state index in [-0.39, 0.29) is 25.5 Å². The molecule has 1 aromatic heterocycles. The zero-order valence-corrected chi connectivity index (χ0v) is 21.7. The number of aryl methyl sites for hydroxylation is 1. The van der Waals surface area contributed by atoms with Crippen LogP contribution in [0.1, 0.15) is 35.7 Å². The molecule has 8 nitrogen and oxygen atoms in total. The Kier molecular flexibility index (Phi) is 6.32. The SMILES string of the molecule is Cc1nc2ccc(Cl)cc2c(-c2ccccc2)c1C1=C[C@H](c2ccc3c(c2)OCO3)N(C(=O)CCC(=O)O)N1.